The summed E-state index contributed by atoms with van der Waals surface area (Å²) in [4.78, 5) is 12.4. The summed E-state index contributed by atoms with van der Waals surface area (Å²) in [6.07, 6.45) is 3.71. The number of aryl methyl sites for hydroxylation is 2. The van der Waals surface area contributed by atoms with Crippen molar-refractivity contribution in [2.24, 2.45) is 10.9 Å². The second-order valence-electron chi connectivity index (χ2n) is 5.93. The smallest absolute Gasteiger partial charge is 0.225 e. The van der Waals surface area contributed by atoms with Crippen LogP contribution in [0.25, 0.3) is 0 Å². The summed E-state index contributed by atoms with van der Waals surface area (Å²) >= 11 is 0. The molecule has 0 spiro atoms. The molecule has 1 amide bonds. The first kappa shape index (κ1) is 15.4. The predicted molar refractivity (Wildman–Crippen MR) is 82.4 cm³/mol. The highest BCUT2D eigenvalue weighted by molar-refractivity contribution is 5.94. The van der Waals surface area contributed by atoms with Gasteiger partial charge in [0.15, 0.2) is 5.84 Å². The van der Waals surface area contributed by atoms with Crippen molar-refractivity contribution in [3.8, 4) is 0 Å². The van der Waals surface area contributed by atoms with Crippen LogP contribution in [0.1, 0.15) is 42.4 Å². The Kier molecular flexibility index (Phi) is 4.50. The van der Waals surface area contributed by atoms with E-state index in [9.17, 15) is 4.79 Å². The number of hydrogen-bond acceptors (Lipinski definition) is 3. The number of benzene rings is 1. The molecule has 1 fully saturated rings. The van der Waals surface area contributed by atoms with Crippen molar-refractivity contribution < 1.29 is 10.0 Å². The largest absolute Gasteiger partial charge is 0.409 e. The Bertz CT molecular complexity index is 561. The first-order valence-electron chi connectivity index (χ1n) is 7.32. The Morgan fingerprint density at radius 1 is 1.38 bits per heavy atom. The summed E-state index contributed by atoms with van der Waals surface area (Å²) in [7, 11) is 0. The van der Waals surface area contributed by atoms with Gasteiger partial charge in [0.2, 0.25) is 5.91 Å². The quantitative estimate of drug-likeness (QED) is 0.343. The van der Waals surface area contributed by atoms with Gasteiger partial charge in [-0.3, -0.25) is 4.79 Å². The number of carbonyl (C=O) groups is 1. The van der Waals surface area contributed by atoms with Crippen molar-refractivity contribution in [3.63, 3.8) is 0 Å². The van der Waals surface area contributed by atoms with E-state index in [0.29, 0.717) is 6.42 Å². The van der Waals surface area contributed by atoms with Crippen LogP contribution in [-0.2, 0) is 11.2 Å². The summed E-state index contributed by atoms with van der Waals surface area (Å²) in [5.74, 6) is 0.0199. The average molecular weight is 289 g/mol. The molecule has 1 aliphatic rings. The van der Waals surface area contributed by atoms with E-state index in [1.165, 1.54) is 0 Å². The van der Waals surface area contributed by atoms with E-state index in [1.54, 1.807) is 0 Å². The van der Waals surface area contributed by atoms with E-state index in [1.807, 2.05) is 32.0 Å². The van der Waals surface area contributed by atoms with E-state index in [2.05, 4.69) is 10.5 Å². The zero-order valence-electron chi connectivity index (χ0n) is 12.6. The number of nitrogens with one attached hydrogen (secondary N) is 1. The van der Waals surface area contributed by atoms with Gasteiger partial charge in [-0.1, -0.05) is 41.8 Å². The zero-order chi connectivity index (χ0) is 15.5. The molecule has 1 saturated carbocycles. The molecule has 1 aliphatic carbocycles. The maximum atomic E-state index is 12.4. The fraction of sp³-hybridized carbons (Fsp3) is 0.500. The molecule has 0 saturated heterocycles. The number of amidine groups is 1. The number of rotatable bonds is 4. The predicted octanol–water partition coefficient (Wildman–Crippen LogP) is 2.02. The van der Waals surface area contributed by atoms with Crippen molar-refractivity contribution in [1.29, 1.82) is 0 Å². The van der Waals surface area contributed by atoms with Gasteiger partial charge in [0.25, 0.3) is 0 Å². The van der Waals surface area contributed by atoms with Crippen molar-refractivity contribution in [2.75, 3.05) is 0 Å². The fourth-order valence-corrected chi connectivity index (χ4v) is 2.99. The summed E-state index contributed by atoms with van der Waals surface area (Å²) < 4.78 is 0. The topological polar surface area (TPSA) is 87.7 Å². The van der Waals surface area contributed by atoms with Crippen molar-refractivity contribution in [1.82, 2.24) is 5.32 Å². The first-order chi connectivity index (χ1) is 9.97. The molecule has 5 nitrogen and oxygen atoms in total. The van der Waals surface area contributed by atoms with Gasteiger partial charge in [0, 0.05) is 0 Å². The molecular weight excluding hydrogens is 266 g/mol. The maximum absolute atomic E-state index is 12.4. The molecule has 1 aromatic carbocycles. The van der Waals surface area contributed by atoms with Gasteiger partial charge < -0.3 is 16.3 Å². The van der Waals surface area contributed by atoms with E-state index in [0.717, 1.165) is 42.4 Å². The van der Waals surface area contributed by atoms with E-state index in [4.69, 9.17) is 10.9 Å². The van der Waals surface area contributed by atoms with Crippen LogP contribution >= 0.6 is 0 Å². The molecule has 2 rings (SSSR count). The molecule has 1 aromatic rings. The Hall–Kier alpha value is -2.04. The monoisotopic (exact) mass is 289 g/mol. The third-order valence-electron chi connectivity index (χ3n) is 4.29. The minimum absolute atomic E-state index is 0.0859. The number of carbonyl (C=O) groups excluding carboxylic acids is 1. The van der Waals surface area contributed by atoms with Gasteiger partial charge in [-0.15, -0.1) is 0 Å². The molecule has 0 radical (unpaired) electrons. The SMILES string of the molecule is Cc1ccc(C)c(CC(=O)NC2(C(N)=NO)CCCC2)c1. The third-order valence-corrected chi connectivity index (χ3v) is 4.29. The minimum atomic E-state index is -0.677. The molecule has 5 heteroatoms. The second-order valence-corrected chi connectivity index (χ2v) is 5.93. The molecule has 0 unspecified atom stereocenters. The van der Waals surface area contributed by atoms with Crippen LogP contribution in [0.4, 0.5) is 0 Å². The minimum Gasteiger partial charge on any atom is -0.409 e. The summed E-state index contributed by atoms with van der Waals surface area (Å²) in [6.45, 7) is 4.01. The molecule has 4 N–H and O–H groups in total. The molecule has 0 heterocycles. The van der Waals surface area contributed by atoms with Crippen LogP contribution in [0.5, 0.6) is 0 Å². The lowest BCUT2D eigenvalue weighted by Crippen LogP contribution is -2.56. The van der Waals surface area contributed by atoms with E-state index < -0.39 is 5.54 Å². The highest BCUT2D eigenvalue weighted by atomic mass is 16.4. The standard InChI is InChI=1S/C16H23N3O2/c1-11-5-6-12(2)13(9-11)10-14(20)18-16(15(17)19-21)7-3-4-8-16/h5-6,9,21H,3-4,7-8,10H2,1-2H3,(H2,17,19)(H,18,20). The van der Waals surface area contributed by atoms with Gasteiger partial charge in [0.1, 0.15) is 5.54 Å². The average Bonchev–Trinajstić information content (AvgIpc) is 2.91. The lowest BCUT2D eigenvalue weighted by Gasteiger charge is -2.28. The highest BCUT2D eigenvalue weighted by Gasteiger charge is 2.39. The van der Waals surface area contributed by atoms with Gasteiger partial charge >= 0.3 is 0 Å². The lowest BCUT2D eigenvalue weighted by atomic mass is 9.95. The zero-order valence-corrected chi connectivity index (χ0v) is 12.6. The van der Waals surface area contributed by atoms with Crippen LogP contribution < -0.4 is 11.1 Å². The Morgan fingerprint density at radius 2 is 2.05 bits per heavy atom. The number of nitrogens with zero attached hydrogens (tertiary/aromatic N) is 1. The molecule has 0 aliphatic heterocycles. The van der Waals surface area contributed by atoms with E-state index in [-0.39, 0.29) is 11.7 Å². The number of amides is 1. The Labute approximate surface area is 125 Å². The molecule has 0 aromatic heterocycles. The molecule has 0 bridgehead atoms. The van der Waals surface area contributed by atoms with Gasteiger partial charge in [-0.05, 0) is 37.8 Å². The number of hydrogen-bond donors (Lipinski definition) is 3. The van der Waals surface area contributed by atoms with Crippen LogP contribution in [0, 0.1) is 13.8 Å². The van der Waals surface area contributed by atoms with Crippen LogP contribution in [0.2, 0.25) is 0 Å². The van der Waals surface area contributed by atoms with Gasteiger partial charge in [-0.25, -0.2) is 0 Å². The second kappa shape index (κ2) is 6.16. The van der Waals surface area contributed by atoms with Crippen molar-refractivity contribution >= 4 is 11.7 Å². The Balaban J connectivity index is 2.12. The summed E-state index contributed by atoms with van der Waals surface area (Å²) in [5, 5.41) is 15.1. The molecule has 114 valence electrons. The molecule has 0 atom stereocenters. The Morgan fingerprint density at radius 3 is 2.67 bits per heavy atom. The molecule has 21 heavy (non-hydrogen) atoms. The fourth-order valence-electron chi connectivity index (χ4n) is 2.99. The number of nitrogens with two attached hydrogens (primary N) is 1. The third kappa shape index (κ3) is 3.35. The number of oxime groups is 1. The lowest BCUT2D eigenvalue weighted by molar-refractivity contribution is -0.121. The van der Waals surface area contributed by atoms with Crippen molar-refractivity contribution in [3.05, 3.63) is 34.9 Å². The van der Waals surface area contributed by atoms with Crippen LogP contribution in [0.15, 0.2) is 23.4 Å². The normalized spacial score (nSPS) is 17.7. The van der Waals surface area contributed by atoms with Crippen molar-refractivity contribution in [2.45, 2.75) is 51.5 Å². The maximum Gasteiger partial charge on any atom is 0.225 e. The summed E-state index contributed by atoms with van der Waals surface area (Å²) in [6, 6.07) is 6.08. The van der Waals surface area contributed by atoms with Gasteiger partial charge in [-0.2, -0.15) is 0 Å². The highest BCUT2D eigenvalue weighted by Crippen LogP contribution is 2.30. The van der Waals surface area contributed by atoms with E-state index >= 15 is 0 Å². The van der Waals surface area contributed by atoms with Crippen LogP contribution in [0.3, 0.4) is 0 Å². The van der Waals surface area contributed by atoms with Gasteiger partial charge in [0.05, 0.1) is 6.42 Å². The summed E-state index contributed by atoms with van der Waals surface area (Å²) in [5.41, 5.74) is 8.36. The molecular formula is C16H23N3O2. The van der Waals surface area contributed by atoms with Crippen LogP contribution in [-0.4, -0.2) is 22.5 Å². The first-order valence-corrected chi connectivity index (χ1v) is 7.32.